The molecular formula is C25H29ClN2O4S2. The average Bonchev–Trinajstić information content (AvgIpc) is 3.36. The van der Waals surface area contributed by atoms with Gasteiger partial charge in [-0.15, -0.1) is 23.1 Å². The number of carbonyl (C=O) groups is 1. The minimum Gasteiger partial charge on any atom is -0.497 e. The monoisotopic (exact) mass is 520 g/mol. The number of carboxylic acid groups (broad SMARTS) is 1. The number of ether oxygens (including phenoxy) is 1. The molecule has 0 unspecified atom stereocenters. The first kappa shape index (κ1) is 25.3. The number of aromatic nitrogens is 1. The highest BCUT2D eigenvalue weighted by molar-refractivity contribution is 8.01. The van der Waals surface area contributed by atoms with Gasteiger partial charge in [-0.1, -0.05) is 17.7 Å². The van der Waals surface area contributed by atoms with Crippen molar-refractivity contribution in [3.63, 3.8) is 0 Å². The molecule has 1 aliphatic rings. The predicted molar refractivity (Wildman–Crippen MR) is 138 cm³/mol. The number of fused-ring (bicyclic) bond motifs is 1. The first-order chi connectivity index (χ1) is 16.5. The minimum absolute atomic E-state index is 0.0229. The van der Waals surface area contributed by atoms with E-state index in [1.54, 1.807) is 24.6 Å². The largest absolute Gasteiger partial charge is 0.497 e. The van der Waals surface area contributed by atoms with E-state index in [4.69, 9.17) is 16.3 Å². The van der Waals surface area contributed by atoms with Gasteiger partial charge in [-0.3, -0.25) is 9.78 Å². The maximum absolute atomic E-state index is 12.0. The number of nitrogens with zero attached hydrogens (tertiary/aromatic N) is 2. The third-order valence-electron chi connectivity index (χ3n) is 6.52. The number of pyridine rings is 1. The molecule has 1 fully saturated rings. The number of methoxy groups -OCH3 is 1. The lowest BCUT2D eigenvalue weighted by Gasteiger charge is -2.37. The number of hydrogen-bond acceptors (Lipinski definition) is 7. The Hall–Kier alpha value is -1.84. The molecule has 0 amide bonds. The molecule has 0 radical (unpaired) electrons. The van der Waals surface area contributed by atoms with E-state index < -0.39 is 18.0 Å². The van der Waals surface area contributed by atoms with Crippen LogP contribution in [0.2, 0.25) is 5.02 Å². The molecular weight excluding hydrogens is 492 g/mol. The van der Waals surface area contributed by atoms with E-state index >= 15 is 0 Å². The van der Waals surface area contributed by atoms with Crippen LogP contribution >= 0.6 is 34.7 Å². The topological polar surface area (TPSA) is 82.9 Å². The van der Waals surface area contributed by atoms with Crippen LogP contribution in [0.4, 0.5) is 0 Å². The summed E-state index contributed by atoms with van der Waals surface area (Å²) in [5.41, 5.74) is 1.36. The summed E-state index contributed by atoms with van der Waals surface area (Å²) in [5, 5.41) is 24.2. The van der Waals surface area contributed by atoms with Gasteiger partial charge >= 0.3 is 5.97 Å². The number of thiophene rings is 1. The summed E-state index contributed by atoms with van der Waals surface area (Å²) in [6, 6.07) is 9.66. The Morgan fingerprint density at radius 1 is 1.41 bits per heavy atom. The summed E-state index contributed by atoms with van der Waals surface area (Å²) in [4.78, 5) is 18.7. The summed E-state index contributed by atoms with van der Waals surface area (Å²) in [6.07, 6.45) is 2.63. The van der Waals surface area contributed by atoms with Crippen LogP contribution in [0.15, 0.2) is 46.1 Å². The molecule has 3 atom stereocenters. The van der Waals surface area contributed by atoms with E-state index in [1.165, 1.54) is 4.21 Å². The van der Waals surface area contributed by atoms with Crippen LogP contribution in [-0.4, -0.2) is 58.6 Å². The molecule has 34 heavy (non-hydrogen) atoms. The summed E-state index contributed by atoms with van der Waals surface area (Å²) < 4.78 is 6.62. The van der Waals surface area contributed by atoms with Crippen molar-refractivity contribution in [3.8, 4) is 5.75 Å². The van der Waals surface area contributed by atoms with Gasteiger partial charge in [-0.2, -0.15) is 0 Å². The van der Waals surface area contributed by atoms with E-state index in [2.05, 4.69) is 21.3 Å². The molecule has 0 saturated carbocycles. The minimum atomic E-state index is -0.806. The Morgan fingerprint density at radius 3 is 3.00 bits per heavy atom. The van der Waals surface area contributed by atoms with Crippen LogP contribution in [0, 0.1) is 11.8 Å². The third-order valence-corrected chi connectivity index (χ3v) is 8.93. The standard InChI is InChI=1S/C25H29ClN2O4S2/c1-32-17-5-6-21-18(13-17)24(20(26)14-27-21)22(29)7-4-16-8-9-28(15-19(16)25(30)31)10-12-34-23-3-2-11-33-23/h2-3,5-6,11,13-14,16,19,22,29H,4,7-10,12,15H2,1H3,(H,30,31)/t16-,19+,22-/m0/s1. The number of aliphatic carboxylic acids is 1. The molecule has 1 aromatic carbocycles. The second-order valence-corrected chi connectivity index (χ2v) is 11.3. The molecule has 2 aromatic heterocycles. The molecule has 1 aliphatic heterocycles. The SMILES string of the molecule is COc1ccc2ncc(Cl)c([C@@H](O)CC[C@H]3CCN(CCSc4cccs4)C[C@H]3C(=O)O)c2c1. The van der Waals surface area contributed by atoms with Gasteiger partial charge < -0.3 is 19.8 Å². The van der Waals surface area contributed by atoms with Gasteiger partial charge in [-0.25, -0.2) is 0 Å². The lowest BCUT2D eigenvalue weighted by molar-refractivity contribution is -0.146. The van der Waals surface area contributed by atoms with E-state index in [-0.39, 0.29) is 5.92 Å². The van der Waals surface area contributed by atoms with Gasteiger partial charge in [0.05, 0.1) is 33.9 Å². The summed E-state index contributed by atoms with van der Waals surface area (Å²) in [5.74, 6) is 0.452. The molecule has 3 aromatic rings. The number of hydrogen-bond donors (Lipinski definition) is 2. The Balaban J connectivity index is 1.38. The number of benzene rings is 1. The Bertz CT molecular complexity index is 1110. The highest BCUT2D eigenvalue weighted by Crippen LogP contribution is 2.37. The zero-order valence-corrected chi connectivity index (χ0v) is 21.4. The Labute approximate surface area is 212 Å². The van der Waals surface area contributed by atoms with Gasteiger partial charge in [-0.05, 0) is 61.4 Å². The number of aliphatic hydroxyl groups excluding tert-OH is 1. The van der Waals surface area contributed by atoms with Crippen molar-refractivity contribution in [2.75, 3.05) is 32.5 Å². The highest BCUT2D eigenvalue weighted by atomic mass is 35.5. The molecule has 3 heterocycles. The van der Waals surface area contributed by atoms with E-state index in [9.17, 15) is 15.0 Å². The van der Waals surface area contributed by atoms with Crippen LogP contribution in [0.25, 0.3) is 10.9 Å². The van der Waals surface area contributed by atoms with Crippen LogP contribution in [0.1, 0.15) is 30.9 Å². The van der Waals surface area contributed by atoms with E-state index in [0.717, 1.165) is 36.2 Å². The second-order valence-electron chi connectivity index (χ2n) is 8.57. The Morgan fingerprint density at radius 2 is 2.26 bits per heavy atom. The first-order valence-corrected chi connectivity index (χ1v) is 13.6. The Kier molecular flexibility index (Phi) is 8.71. The molecule has 0 bridgehead atoms. The van der Waals surface area contributed by atoms with Gasteiger partial charge in [0.25, 0.3) is 0 Å². The smallest absolute Gasteiger partial charge is 0.308 e. The number of aliphatic hydroxyl groups is 1. The van der Waals surface area contributed by atoms with Gasteiger partial charge in [0.1, 0.15) is 5.75 Å². The van der Waals surface area contributed by atoms with E-state index in [1.807, 2.05) is 36.0 Å². The number of halogens is 1. The van der Waals surface area contributed by atoms with Crippen molar-refractivity contribution in [1.82, 2.24) is 9.88 Å². The van der Waals surface area contributed by atoms with Crippen LogP contribution in [0.5, 0.6) is 5.75 Å². The molecule has 182 valence electrons. The fraction of sp³-hybridized carbons (Fsp3) is 0.440. The highest BCUT2D eigenvalue weighted by Gasteiger charge is 2.34. The molecule has 9 heteroatoms. The number of rotatable bonds is 10. The fourth-order valence-corrected chi connectivity index (χ4v) is 6.81. The lowest BCUT2D eigenvalue weighted by Crippen LogP contribution is -2.44. The van der Waals surface area contributed by atoms with Crippen LogP contribution in [-0.2, 0) is 4.79 Å². The summed E-state index contributed by atoms with van der Waals surface area (Å²) in [7, 11) is 1.59. The van der Waals surface area contributed by atoms with Crippen LogP contribution in [0.3, 0.4) is 0 Å². The summed E-state index contributed by atoms with van der Waals surface area (Å²) >= 11 is 9.98. The van der Waals surface area contributed by atoms with Crippen molar-refractivity contribution in [1.29, 1.82) is 0 Å². The number of piperidine rings is 1. The van der Waals surface area contributed by atoms with Crippen molar-refractivity contribution in [3.05, 3.63) is 52.5 Å². The molecule has 6 nitrogen and oxygen atoms in total. The van der Waals surface area contributed by atoms with Gasteiger partial charge in [0.2, 0.25) is 0 Å². The third kappa shape index (κ3) is 6.04. The van der Waals surface area contributed by atoms with Crippen molar-refractivity contribution >= 4 is 51.6 Å². The maximum atomic E-state index is 12.0. The lowest BCUT2D eigenvalue weighted by atomic mass is 9.81. The fourth-order valence-electron chi connectivity index (χ4n) is 4.67. The van der Waals surface area contributed by atoms with Gasteiger partial charge in [0.15, 0.2) is 0 Å². The molecule has 0 aliphatic carbocycles. The second kappa shape index (κ2) is 11.7. The zero-order valence-electron chi connectivity index (χ0n) is 19.0. The van der Waals surface area contributed by atoms with Crippen molar-refractivity contribution in [2.24, 2.45) is 11.8 Å². The average molecular weight is 521 g/mol. The first-order valence-electron chi connectivity index (χ1n) is 11.4. The molecule has 4 rings (SSSR count). The predicted octanol–water partition coefficient (Wildman–Crippen LogP) is 5.59. The summed E-state index contributed by atoms with van der Waals surface area (Å²) in [6.45, 7) is 2.31. The molecule has 1 saturated heterocycles. The molecule has 0 spiro atoms. The number of carboxylic acids is 1. The molecule has 2 N–H and O–H groups in total. The quantitative estimate of drug-likeness (QED) is 0.337. The normalized spacial score (nSPS) is 19.9. The van der Waals surface area contributed by atoms with Crippen molar-refractivity contribution in [2.45, 2.75) is 29.6 Å². The van der Waals surface area contributed by atoms with Crippen molar-refractivity contribution < 1.29 is 19.7 Å². The van der Waals surface area contributed by atoms with Gasteiger partial charge in [0, 0.05) is 36.0 Å². The van der Waals surface area contributed by atoms with E-state index in [0.29, 0.717) is 35.7 Å². The zero-order chi connectivity index (χ0) is 24.1. The van der Waals surface area contributed by atoms with Crippen LogP contribution < -0.4 is 4.74 Å². The maximum Gasteiger partial charge on any atom is 0.308 e. The number of likely N-dealkylation sites (tertiary alicyclic amines) is 1. The number of thioether (sulfide) groups is 1.